The van der Waals surface area contributed by atoms with Gasteiger partial charge in [-0.1, -0.05) is 48.5 Å². The molecule has 5 heteroatoms. The van der Waals surface area contributed by atoms with Crippen LogP contribution in [0, 0.1) is 11.6 Å². The second-order valence-electron chi connectivity index (χ2n) is 5.39. The van der Waals surface area contributed by atoms with E-state index in [2.05, 4.69) is 0 Å². The van der Waals surface area contributed by atoms with Crippen LogP contribution in [0.1, 0.15) is 15.9 Å². The fraction of sp³-hybridized carbons (Fsp3) is 0.0500. The molecule has 0 radical (unpaired) electrons. The zero-order chi connectivity index (χ0) is 17.8. The molecule has 0 saturated heterocycles. The smallest absolute Gasteiger partial charge is 0.336 e. The van der Waals surface area contributed by atoms with Crippen molar-refractivity contribution in [3.8, 4) is 16.9 Å². The second kappa shape index (κ2) is 7.13. The molecule has 0 aliphatic rings. The van der Waals surface area contributed by atoms with Gasteiger partial charge in [0.25, 0.3) is 0 Å². The van der Waals surface area contributed by atoms with Crippen molar-refractivity contribution < 1.29 is 23.4 Å². The van der Waals surface area contributed by atoms with E-state index in [1.165, 1.54) is 24.3 Å². The van der Waals surface area contributed by atoms with Crippen LogP contribution < -0.4 is 4.74 Å². The Kier molecular flexibility index (Phi) is 4.75. The average molecular weight is 340 g/mol. The van der Waals surface area contributed by atoms with E-state index < -0.39 is 17.6 Å². The van der Waals surface area contributed by atoms with E-state index >= 15 is 0 Å². The first-order chi connectivity index (χ1) is 12.1. The molecule has 0 heterocycles. The van der Waals surface area contributed by atoms with Crippen LogP contribution in [0.2, 0.25) is 0 Å². The highest BCUT2D eigenvalue weighted by Gasteiger charge is 2.19. The van der Waals surface area contributed by atoms with E-state index in [1.54, 1.807) is 0 Å². The molecule has 3 rings (SSSR count). The first-order valence-electron chi connectivity index (χ1n) is 7.54. The molecule has 3 aromatic carbocycles. The molecule has 1 N–H and O–H groups in total. The minimum Gasteiger partial charge on any atom is -0.489 e. The molecule has 0 spiro atoms. The van der Waals surface area contributed by atoms with Crippen LogP contribution in [0.15, 0.2) is 66.7 Å². The van der Waals surface area contributed by atoms with Crippen molar-refractivity contribution in [1.29, 1.82) is 0 Å². The third-order valence-electron chi connectivity index (χ3n) is 3.69. The molecule has 0 saturated carbocycles. The molecule has 0 fully saturated rings. The molecule has 0 aliphatic heterocycles. The minimum absolute atomic E-state index is 0.0143. The number of carboxylic acids is 1. The molecular formula is C20H14F2O3. The molecule has 25 heavy (non-hydrogen) atoms. The van der Waals surface area contributed by atoms with Crippen LogP contribution in [0.3, 0.4) is 0 Å². The fourth-order valence-electron chi connectivity index (χ4n) is 2.52. The van der Waals surface area contributed by atoms with Gasteiger partial charge in [-0.05, 0) is 11.6 Å². The Morgan fingerprint density at radius 2 is 1.52 bits per heavy atom. The Labute approximate surface area is 143 Å². The number of hydrogen-bond acceptors (Lipinski definition) is 2. The first kappa shape index (κ1) is 16.6. The molecule has 0 aliphatic carbocycles. The molecule has 126 valence electrons. The van der Waals surface area contributed by atoms with Gasteiger partial charge in [0.2, 0.25) is 0 Å². The van der Waals surface area contributed by atoms with Crippen LogP contribution in [-0.4, -0.2) is 11.1 Å². The van der Waals surface area contributed by atoms with Gasteiger partial charge in [0.15, 0.2) is 0 Å². The number of benzene rings is 3. The zero-order valence-corrected chi connectivity index (χ0v) is 13.1. The molecular weight excluding hydrogens is 326 g/mol. The Morgan fingerprint density at radius 1 is 0.920 bits per heavy atom. The summed E-state index contributed by atoms with van der Waals surface area (Å²) >= 11 is 0. The summed E-state index contributed by atoms with van der Waals surface area (Å²) < 4.78 is 34.3. The normalized spacial score (nSPS) is 10.5. The highest BCUT2D eigenvalue weighted by Crippen LogP contribution is 2.32. The highest BCUT2D eigenvalue weighted by atomic mass is 19.1. The summed E-state index contributed by atoms with van der Waals surface area (Å²) in [4.78, 5) is 11.3. The summed E-state index contributed by atoms with van der Waals surface area (Å²) in [5, 5.41) is 9.20. The van der Waals surface area contributed by atoms with E-state index in [4.69, 9.17) is 4.74 Å². The quantitative estimate of drug-likeness (QED) is 0.718. The predicted molar refractivity (Wildman–Crippen MR) is 89.5 cm³/mol. The SMILES string of the molecule is O=C(O)c1ccccc1-c1c(F)cc(OCc2ccccc2)cc1F. The molecule has 0 atom stereocenters. The van der Waals surface area contributed by atoms with Gasteiger partial charge in [-0.2, -0.15) is 0 Å². The van der Waals surface area contributed by atoms with Crippen molar-refractivity contribution in [2.75, 3.05) is 0 Å². The van der Waals surface area contributed by atoms with Gasteiger partial charge in [-0.25, -0.2) is 13.6 Å². The monoisotopic (exact) mass is 340 g/mol. The van der Waals surface area contributed by atoms with Gasteiger partial charge in [-0.15, -0.1) is 0 Å². The molecule has 0 amide bonds. The van der Waals surface area contributed by atoms with Crippen molar-refractivity contribution in [1.82, 2.24) is 0 Å². The predicted octanol–water partition coefficient (Wildman–Crippen LogP) is 4.91. The van der Waals surface area contributed by atoms with E-state index in [0.717, 1.165) is 17.7 Å². The van der Waals surface area contributed by atoms with Crippen LogP contribution in [0.5, 0.6) is 5.75 Å². The van der Waals surface area contributed by atoms with Crippen molar-refractivity contribution in [3.63, 3.8) is 0 Å². The average Bonchev–Trinajstić information content (AvgIpc) is 2.60. The Bertz CT molecular complexity index is 885. The summed E-state index contributed by atoms with van der Waals surface area (Å²) in [6.07, 6.45) is 0. The van der Waals surface area contributed by atoms with Gasteiger partial charge in [0.05, 0.1) is 11.1 Å². The number of carboxylic acid groups (broad SMARTS) is 1. The topological polar surface area (TPSA) is 46.5 Å². The van der Waals surface area contributed by atoms with Gasteiger partial charge in [0.1, 0.15) is 24.0 Å². The van der Waals surface area contributed by atoms with Crippen molar-refractivity contribution in [2.24, 2.45) is 0 Å². The molecule has 0 unspecified atom stereocenters. The van der Waals surface area contributed by atoms with E-state index in [-0.39, 0.29) is 29.0 Å². The van der Waals surface area contributed by atoms with Crippen LogP contribution >= 0.6 is 0 Å². The Balaban J connectivity index is 1.92. The number of carbonyl (C=O) groups is 1. The number of aromatic carboxylic acids is 1. The number of halogens is 2. The lowest BCUT2D eigenvalue weighted by Crippen LogP contribution is -2.03. The molecule has 3 aromatic rings. The first-order valence-corrected chi connectivity index (χ1v) is 7.54. The van der Waals surface area contributed by atoms with Gasteiger partial charge in [0, 0.05) is 17.7 Å². The second-order valence-corrected chi connectivity index (χ2v) is 5.39. The van der Waals surface area contributed by atoms with Crippen molar-refractivity contribution in [3.05, 3.63) is 89.5 Å². The van der Waals surface area contributed by atoms with Crippen LogP contribution in [-0.2, 0) is 6.61 Å². The zero-order valence-electron chi connectivity index (χ0n) is 13.1. The third kappa shape index (κ3) is 3.66. The van der Waals surface area contributed by atoms with E-state index in [0.29, 0.717) is 0 Å². The number of rotatable bonds is 5. The van der Waals surface area contributed by atoms with Gasteiger partial charge in [-0.3, -0.25) is 0 Å². The van der Waals surface area contributed by atoms with E-state index in [9.17, 15) is 18.7 Å². The Hall–Kier alpha value is -3.21. The lowest BCUT2D eigenvalue weighted by Gasteiger charge is -2.12. The van der Waals surface area contributed by atoms with Crippen LogP contribution in [0.4, 0.5) is 8.78 Å². The third-order valence-corrected chi connectivity index (χ3v) is 3.69. The number of hydrogen-bond donors (Lipinski definition) is 1. The maximum absolute atomic E-state index is 14.5. The molecule has 0 bridgehead atoms. The molecule has 0 aromatic heterocycles. The molecule has 3 nitrogen and oxygen atoms in total. The summed E-state index contributed by atoms with van der Waals surface area (Å²) in [5.41, 5.74) is 0.298. The lowest BCUT2D eigenvalue weighted by atomic mass is 9.98. The minimum atomic E-state index is -1.25. The summed E-state index contributed by atoms with van der Waals surface area (Å²) in [7, 11) is 0. The standard InChI is InChI=1S/C20H14F2O3/c21-17-10-14(25-12-13-6-2-1-3-7-13)11-18(22)19(17)15-8-4-5-9-16(15)20(23)24/h1-11H,12H2,(H,23,24). The maximum Gasteiger partial charge on any atom is 0.336 e. The summed E-state index contributed by atoms with van der Waals surface area (Å²) in [6, 6.07) is 17.0. The van der Waals surface area contributed by atoms with Crippen molar-refractivity contribution >= 4 is 5.97 Å². The maximum atomic E-state index is 14.5. The lowest BCUT2D eigenvalue weighted by molar-refractivity contribution is 0.0697. The largest absolute Gasteiger partial charge is 0.489 e. The summed E-state index contributed by atoms with van der Waals surface area (Å²) in [6.45, 7) is 0.171. The van der Waals surface area contributed by atoms with Crippen molar-refractivity contribution in [2.45, 2.75) is 6.61 Å². The van der Waals surface area contributed by atoms with Crippen LogP contribution in [0.25, 0.3) is 11.1 Å². The highest BCUT2D eigenvalue weighted by molar-refractivity contribution is 5.96. The number of ether oxygens (including phenoxy) is 1. The summed E-state index contributed by atoms with van der Waals surface area (Å²) in [5.74, 6) is -2.97. The van der Waals surface area contributed by atoms with Gasteiger partial charge >= 0.3 is 5.97 Å². The Morgan fingerprint density at radius 3 is 2.16 bits per heavy atom. The van der Waals surface area contributed by atoms with E-state index in [1.807, 2.05) is 30.3 Å². The van der Waals surface area contributed by atoms with Gasteiger partial charge < -0.3 is 9.84 Å². The fourth-order valence-corrected chi connectivity index (χ4v) is 2.52.